The Morgan fingerprint density at radius 1 is 1.47 bits per heavy atom. The Labute approximate surface area is 120 Å². The summed E-state index contributed by atoms with van der Waals surface area (Å²) in [4.78, 5) is 0. The fourth-order valence-electron chi connectivity index (χ4n) is 1.81. The zero-order valence-corrected chi connectivity index (χ0v) is 12.4. The zero-order valence-electron chi connectivity index (χ0n) is 10.9. The third-order valence-electron chi connectivity index (χ3n) is 2.79. The minimum absolute atomic E-state index is 0.421. The molecule has 4 nitrogen and oxygen atoms in total. The SMILES string of the molecule is CCn1nc(C)c(Br)c1COc1cccc(C#N)c1. The van der Waals surface area contributed by atoms with Gasteiger partial charge in [-0.25, -0.2) is 0 Å². The lowest BCUT2D eigenvalue weighted by atomic mass is 10.2. The number of benzene rings is 1. The number of nitriles is 1. The summed E-state index contributed by atoms with van der Waals surface area (Å²) in [5.74, 6) is 0.687. The molecule has 5 heteroatoms. The van der Waals surface area contributed by atoms with Crippen LogP contribution in [0.3, 0.4) is 0 Å². The van der Waals surface area contributed by atoms with Crippen LogP contribution in [0.5, 0.6) is 5.75 Å². The van der Waals surface area contributed by atoms with Crippen LogP contribution in [0.1, 0.15) is 23.9 Å². The van der Waals surface area contributed by atoms with Gasteiger partial charge in [0.25, 0.3) is 0 Å². The fourth-order valence-corrected chi connectivity index (χ4v) is 2.21. The highest BCUT2D eigenvalue weighted by Gasteiger charge is 2.12. The van der Waals surface area contributed by atoms with Crippen LogP contribution in [-0.2, 0) is 13.2 Å². The molecule has 0 aliphatic heterocycles. The average Bonchev–Trinajstić information content (AvgIpc) is 2.72. The molecule has 0 unspecified atom stereocenters. The Morgan fingerprint density at radius 3 is 2.95 bits per heavy atom. The molecule has 1 aromatic carbocycles. The van der Waals surface area contributed by atoms with Crippen molar-refractivity contribution in [1.82, 2.24) is 9.78 Å². The highest BCUT2D eigenvalue weighted by atomic mass is 79.9. The summed E-state index contributed by atoms with van der Waals surface area (Å²) in [6.45, 7) is 5.21. The number of hydrogen-bond donors (Lipinski definition) is 0. The lowest BCUT2D eigenvalue weighted by Gasteiger charge is -2.08. The minimum atomic E-state index is 0.421. The number of aryl methyl sites for hydroxylation is 2. The quantitative estimate of drug-likeness (QED) is 0.867. The third kappa shape index (κ3) is 2.96. The Balaban J connectivity index is 2.16. The molecule has 2 aromatic rings. The van der Waals surface area contributed by atoms with Crippen molar-refractivity contribution in [3.05, 3.63) is 45.7 Å². The van der Waals surface area contributed by atoms with Gasteiger partial charge in [0.1, 0.15) is 12.4 Å². The molecule has 0 radical (unpaired) electrons. The minimum Gasteiger partial charge on any atom is -0.487 e. The molecule has 0 spiro atoms. The van der Waals surface area contributed by atoms with E-state index in [0.717, 1.165) is 22.4 Å². The molecular formula is C14H14BrN3O. The number of halogens is 1. The molecule has 98 valence electrons. The van der Waals surface area contributed by atoms with Gasteiger partial charge in [0.15, 0.2) is 0 Å². The first-order valence-corrected chi connectivity index (χ1v) is 6.79. The van der Waals surface area contributed by atoms with Crippen LogP contribution < -0.4 is 4.74 Å². The summed E-state index contributed by atoms with van der Waals surface area (Å²) in [5, 5.41) is 13.3. The highest BCUT2D eigenvalue weighted by Crippen LogP contribution is 2.23. The van der Waals surface area contributed by atoms with Crippen molar-refractivity contribution >= 4 is 15.9 Å². The van der Waals surface area contributed by atoms with E-state index < -0.39 is 0 Å². The molecule has 0 aliphatic rings. The molecule has 19 heavy (non-hydrogen) atoms. The van der Waals surface area contributed by atoms with Gasteiger partial charge in [0.2, 0.25) is 0 Å². The van der Waals surface area contributed by atoms with E-state index in [1.54, 1.807) is 12.1 Å². The summed E-state index contributed by atoms with van der Waals surface area (Å²) >= 11 is 3.53. The van der Waals surface area contributed by atoms with Gasteiger partial charge in [-0.2, -0.15) is 10.4 Å². The van der Waals surface area contributed by atoms with Gasteiger partial charge in [-0.15, -0.1) is 0 Å². The van der Waals surface area contributed by atoms with Crippen LogP contribution in [0.2, 0.25) is 0 Å². The van der Waals surface area contributed by atoms with E-state index in [-0.39, 0.29) is 0 Å². The molecule has 0 saturated carbocycles. The Bertz CT molecular complexity index is 628. The maximum atomic E-state index is 8.85. The average molecular weight is 320 g/mol. The van der Waals surface area contributed by atoms with E-state index in [2.05, 4.69) is 27.1 Å². The van der Waals surface area contributed by atoms with Crippen molar-refractivity contribution in [3.8, 4) is 11.8 Å². The van der Waals surface area contributed by atoms with Crippen molar-refractivity contribution in [2.75, 3.05) is 0 Å². The standard InChI is InChI=1S/C14H14BrN3O/c1-3-18-13(14(15)10(2)17-18)9-19-12-6-4-5-11(7-12)8-16/h4-7H,3,9H2,1-2H3. The van der Waals surface area contributed by atoms with E-state index in [1.165, 1.54) is 0 Å². The Morgan fingerprint density at radius 2 is 2.26 bits per heavy atom. The number of aromatic nitrogens is 2. The topological polar surface area (TPSA) is 50.8 Å². The van der Waals surface area contributed by atoms with Crippen LogP contribution in [0.25, 0.3) is 0 Å². The molecule has 0 bridgehead atoms. The van der Waals surface area contributed by atoms with Crippen molar-refractivity contribution in [2.45, 2.75) is 27.0 Å². The van der Waals surface area contributed by atoms with E-state index in [1.807, 2.05) is 30.7 Å². The van der Waals surface area contributed by atoms with Crippen LogP contribution >= 0.6 is 15.9 Å². The second kappa shape index (κ2) is 5.89. The first-order chi connectivity index (χ1) is 9.15. The van der Waals surface area contributed by atoms with E-state index >= 15 is 0 Å². The molecular weight excluding hydrogens is 306 g/mol. The number of rotatable bonds is 4. The van der Waals surface area contributed by atoms with Gasteiger partial charge in [0.05, 0.1) is 27.5 Å². The number of hydrogen-bond acceptors (Lipinski definition) is 3. The smallest absolute Gasteiger partial charge is 0.131 e. The van der Waals surface area contributed by atoms with Gasteiger partial charge < -0.3 is 4.74 Å². The van der Waals surface area contributed by atoms with Gasteiger partial charge in [-0.3, -0.25) is 4.68 Å². The molecule has 0 N–H and O–H groups in total. The summed E-state index contributed by atoms with van der Waals surface area (Å²) in [6, 6.07) is 9.23. The first kappa shape index (κ1) is 13.6. The third-order valence-corrected chi connectivity index (χ3v) is 3.82. The maximum Gasteiger partial charge on any atom is 0.131 e. The molecule has 1 aromatic heterocycles. The van der Waals surface area contributed by atoms with E-state index in [0.29, 0.717) is 17.9 Å². The van der Waals surface area contributed by atoms with Gasteiger partial charge in [-0.1, -0.05) is 6.07 Å². The lowest BCUT2D eigenvalue weighted by molar-refractivity contribution is 0.291. The number of ether oxygens (including phenoxy) is 1. The molecule has 0 aliphatic carbocycles. The highest BCUT2D eigenvalue weighted by molar-refractivity contribution is 9.10. The predicted molar refractivity (Wildman–Crippen MR) is 75.8 cm³/mol. The number of nitrogens with zero attached hydrogens (tertiary/aromatic N) is 3. The monoisotopic (exact) mass is 319 g/mol. The van der Waals surface area contributed by atoms with E-state index in [9.17, 15) is 0 Å². The van der Waals surface area contributed by atoms with Gasteiger partial charge >= 0.3 is 0 Å². The first-order valence-electron chi connectivity index (χ1n) is 6.00. The second-order valence-corrected chi connectivity index (χ2v) is 4.88. The van der Waals surface area contributed by atoms with Crippen LogP contribution in [0.4, 0.5) is 0 Å². The Hall–Kier alpha value is -1.80. The summed E-state index contributed by atoms with van der Waals surface area (Å²) in [6.07, 6.45) is 0. The van der Waals surface area contributed by atoms with Gasteiger partial charge in [-0.05, 0) is 48.0 Å². The lowest BCUT2D eigenvalue weighted by Crippen LogP contribution is -2.06. The van der Waals surface area contributed by atoms with Crippen LogP contribution in [-0.4, -0.2) is 9.78 Å². The van der Waals surface area contributed by atoms with Gasteiger partial charge in [0, 0.05) is 6.54 Å². The molecule has 2 rings (SSSR count). The van der Waals surface area contributed by atoms with Crippen molar-refractivity contribution in [2.24, 2.45) is 0 Å². The maximum absolute atomic E-state index is 8.85. The zero-order chi connectivity index (χ0) is 13.8. The molecule has 0 amide bonds. The summed E-state index contributed by atoms with van der Waals surface area (Å²) in [5.41, 5.74) is 2.55. The predicted octanol–water partition coefficient (Wildman–Crippen LogP) is 3.42. The Kier molecular flexibility index (Phi) is 4.23. The largest absolute Gasteiger partial charge is 0.487 e. The molecule has 0 saturated heterocycles. The second-order valence-electron chi connectivity index (χ2n) is 4.09. The molecule has 1 heterocycles. The van der Waals surface area contributed by atoms with Crippen molar-refractivity contribution in [3.63, 3.8) is 0 Å². The van der Waals surface area contributed by atoms with Crippen LogP contribution in [0.15, 0.2) is 28.7 Å². The fraction of sp³-hybridized carbons (Fsp3) is 0.286. The van der Waals surface area contributed by atoms with E-state index in [4.69, 9.17) is 10.00 Å². The van der Waals surface area contributed by atoms with Crippen molar-refractivity contribution in [1.29, 1.82) is 5.26 Å². The summed E-state index contributed by atoms with van der Waals surface area (Å²) < 4.78 is 8.62. The van der Waals surface area contributed by atoms with Crippen LogP contribution in [0, 0.1) is 18.3 Å². The normalized spacial score (nSPS) is 10.2. The van der Waals surface area contributed by atoms with Crippen molar-refractivity contribution < 1.29 is 4.74 Å². The molecule has 0 fully saturated rings. The summed E-state index contributed by atoms with van der Waals surface area (Å²) in [7, 11) is 0. The molecule has 0 atom stereocenters.